The lowest BCUT2D eigenvalue weighted by molar-refractivity contribution is 0.0213. The topological polar surface area (TPSA) is 41.6 Å². The van der Waals surface area contributed by atoms with Gasteiger partial charge in [-0.1, -0.05) is 12.2 Å². The fourth-order valence-corrected chi connectivity index (χ4v) is 1.58. The number of carbonyl (C=O) groups excluding carboxylic acids is 1. The Hall–Kier alpha value is -0.840. The van der Waals surface area contributed by atoms with Crippen LogP contribution >= 0.6 is 12.2 Å². The molecule has 15 heavy (non-hydrogen) atoms. The summed E-state index contributed by atoms with van der Waals surface area (Å²) in [7, 11) is 0. The highest BCUT2D eigenvalue weighted by Crippen LogP contribution is 2.13. The molecule has 1 aliphatic heterocycles. The average Bonchev–Trinajstić information content (AvgIpc) is 2.06. The number of piperazine rings is 1. The summed E-state index contributed by atoms with van der Waals surface area (Å²) in [6.45, 7) is 8.80. The fourth-order valence-electron chi connectivity index (χ4n) is 1.35. The van der Waals surface area contributed by atoms with Gasteiger partial charge in [0.05, 0.1) is 11.0 Å². The highest BCUT2D eigenvalue weighted by Gasteiger charge is 2.30. The third-order valence-corrected chi connectivity index (χ3v) is 2.61. The minimum atomic E-state index is -0.455. The molecule has 1 atom stereocenters. The molecule has 0 aromatic rings. The van der Waals surface area contributed by atoms with Crippen LogP contribution < -0.4 is 5.32 Å². The highest BCUT2D eigenvalue weighted by molar-refractivity contribution is 7.80. The zero-order valence-corrected chi connectivity index (χ0v) is 10.5. The van der Waals surface area contributed by atoms with Crippen LogP contribution in [0.3, 0.4) is 0 Å². The maximum absolute atomic E-state index is 11.8. The van der Waals surface area contributed by atoms with Gasteiger partial charge in [-0.15, -0.1) is 0 Å². The van der Waals surface area contributed by atoms with E-state index in [-0.39, 0.29) is 12.1 Å². The fraction of sp³-hybridized carbons (Fsp3) is 0.800. The second-order valence-corrected chi connectivity index (χ2v) is 5.08. The second kappa shape index (κ2) is 4.35. The van der Waals surface area contributed by atoms with Crippen molar-refractivity contribution >= 4 is 23.3 Å². The van der Waals surface area contributed by atoms with Crippen LogP contribution in [0.4, 0.5) is 4.79 Å². The van der Waals surface area contributed by atoms with Gasteiger partial charge in [-0.25, -0.2) is 4.79 Å². The normalized spacial score (nSPS) is 22.3. The molecule has 0 aromatic carbocycles. The number of nitrogens with one attached hydrogen (secondary N) is 1. The molecule has 1 fully saturated rings. The van der Waals surface area contributed by atoms with Gasteiger partial charge in [-0.3, -0.25) is 4.90 Å². The molecule has 0 spiro atoms. The molecule has 0 unspecified atom stereocenters. The quantitative estimate of drug-likeness (QED) is 0.641. The SMILES string of the molecule is C[C@@H]1C(=S)NCCN1C(=O)OC(C)(C)C. The highest BCUT2D eigenvalue weighted by atomic mass is 32.1. The van der Waals surface area contributed by atoms with Gasteiger partial charge in [0.25, 0.3) is 0 Å². The molecule has 1 amide bonds. The number of rotatable bonds is 0. The van der Waals surface area contributed by atoms with Gasteiger partial charge in [-0.2, -0.15) is 0 Å². The van der Waals surface area contributed by atoms with Gasteiger partial charge in [0.15, 0.2) is 0 Å². The van der Waals surface area contributed by atoms with Crippen LogP contribution in [0.2, 0.25) is 0 Å². The van der Waals surface area contributed by atoms with E-state index in [1.54, 1.807) is 4.90 Å². The number of amides is 1. The Labute approximate surface area is 96.0 Å². The van der Waals surface area contributed by atoms with Crippen molar-refractivity contribution in [1.82, 2.24) is 10.2 Å². The predicted molar refractivity (Wildman–Crippen MR) is 63.0 cm³/mol. The number of hydrogen-bond acceptors (Lipinski definition) is 3. The Morgan fingerprint density at radius 3 is 2.73 bits per heavy atom. The molecule has 0 bridgehead atoms. The lowest BCUT2D eigenvalue weighted by Gasteiger charge is -2.35. The van der Waals surface area contributed by atoms with Crippen LogP contribution in [0.1, 0.15) is 27.7 Å². The van der Waals surface area contributed by atoms with E-state index in [4.69, 9.17) is 17.0 Å². The van der Waals surface area contributed by atoms with Crippen LogP contribution in [0, 0.1) is 0 Å². The molecule has 86 valence electrons. The van der Waals surface area contributed by atoms with Gasteiger partial charge in [0.2, 0.25) is 0 Å². The van der Waals surface area contributed by atoms with Gasteiger partial charge >= 0.3 is 6.09 Å². The summed E-state index contributed by atoms with van der Waals surface area (Å²) in [5.74, 6) is 0. The van der Waals surface area contributed by atoms with E-state index >= 15 is 0 Å². The van der Waals surface area contributed by atoms with E-state index in [0.29, 0.717) is 18.1 Å². The summed E-state index contributed by atoms with van der Waals surface area (Å²) in [6.07, 6.45) is -0.293. The molecule has 1 N–H and O–H groups in total. The number of nitrogens with zero attached hydrogens (tertiary/aromatic N) is 1. The molecule has 5 heteroatoms. The van der Waals surface area contributed by atoms with Crippen molar-refractivity contribution in [3.05, 3.63) is 0 Å². The molecule has 0 aliphatic carbocycles. The largest absolute Gasteiger partial charge is 0.444 e. The maximum atomic E-state index is 11.8. The molecule has 4 nitrogen and oxygen atoms in total. The van der Waals surface area contributed by atoms with Crippen molar-refractivity contribution in [2.75, 3.05) is 13.1 Å². The molecule has 1 aliphatic rings. The van der Waals surface area contributed by atoms with E-state index in [1.165, 1.54) is 0 Å². The van der Waals surface area contributed by atoms with Gasteiger partial charge in [-0.05, 0) is 27.7 Å². The lowest BCUT2D eigenvalue weighted by Crippen LogP contribution is -2.56. The summed E-state index contributed by atoms with van der Waals surface area (Å²) in [6, 6.07) is -0.0800. The van der Waals surface area contributed by atoms with Crippen LogP contribution in [0.15, 0.2) is 0 Å². The third-order valence-electron chi connectivity index (χ3n) is 2.13. The van der Waals surface area contributed by atoms with E-state index in [1.807, 2.05) is 27.7 Å². The standard InChI is InChI=1S/C10H18N2O2S/c1-7-8(15)11-5-6-12(7)9(13)14-10(2,3)4/h7H,5-6H2,1-4H3,(H,11,15)/t7-/m1/s1. The molecular weight excluding hydrogens is 212 g/mol. The van der Waals surface area contributed by atoms with Crippen LogP contribution in [-0.2, 0) is 4.74 Å². The van der Waals surface area contributed by atoms with E-state index in [9.17, 15) is 4.79 Å². The minimum Gasteiger partial charge on any atom is -0.444 e. The zero-order valence-electron chi connectivity index (χ0n) is 9.66. The predicted octanol–water partition coefficient (Wildman–Crippen LogP) is 1.54. The maximum Gasteiger partial charge on any atom is 0.410 e. The molecule has 1 heterocycles. The van der Waals surface area contributed by atoms with Crippen LogP contribution in [0.25, 0.3) is 0 Å². The van der Waals surface area contributed by atoms with Crippen LogP contribution in [0.5, 0.6) is 0 Å². The van der Waals surface area contributed by atoms with Gasteiger partial charge < -0.3 is 10.1 Å². The second-order valence-electron chi connectivity index (χ2n) is 4.64. The Morgan fingerprint density at radius 2 is 2.20 bits per heavy atom. The zero-order chi connectivity index (χ0) is 11.6. The van der Waals surface area contributed by atoms with Gasteiger partial charge in [0.1, 0.15) is 5.60 Å². The van der Waals surface area contributed by atoms with Crippen LogP contribution in [-0.4, -0.2) is 40.7 Å². The number of ether oxygens (including phenoxy) is 1. The monoisotopic (exact) mass is 230 g/mol. The number of thiocarbonyl (C=S) groups is 1. The van der Waals surface area contributed by atoms with Gasteiger partial charge in [0, 0.05) is 13.1 Å². The molecule has 1 rings (SSSR count). The smallest absolute Gasteiger partial charge is 0.410 e. The minimum absolute atomic E-state index is 0.0800. The Kier molecular flexibility index (Phi) is 3.54. The van der Waals surface area contributed by atoms with Crippen molar-refractivity contribution in [3.8, 4) is 0 Å². The third kappa shape index (κ3) is 3.34. The first-order valence-electron chi connectivity index (χ1n) is 5.08. The Morgan fingerprint density at radius 1 is 1.60 bits per heavy atom. The van der Waals surface area contributed by atoms with Crippen molar-refractivity contribution in [1.29, 1.82) is 0 Å². The van der Waals surface area contributed by atoms with Crippen molar-refractivity contribution < 1.29 is 9.53 Å². The lowest BCUT2D eigenvalue weighted by atomic mass is 10.2. The van der Waals surface area contributed by atoms with Crippen molar-refractivity contribution in [2.24, 2.45) is 0 Å². The first-order chi connectivity index (χ1) is 6.81. The first-order valence-corrected chi connectivity index (χ1v) is 5.49. The van der Waals surface area contributed by atoms with Crippen molar-refractivity contribution in [3.63, 3.8) is 0 Å². The summed E-state index contributed by atoms with van der Waals surface area (Å²) in [4.78, 5) is 14.1. The van der Waals surface area contributed by atoms with E-state index < -0.39 is 5.60 Å². The Bertz CT molecular complexity index is 273. The summed E-state index contributed by atoms with van der Waals surface area (Å²) in [5, 5.41) is 3.06. The van der Waals surface area contributed by atoms with E-state index in [2.05, 4.69) is 5.32 Å². The number of carbonyl (C=O) groups is 1. The average molecular weight is 230 g/mol. The molecule has 1 saturated heterocycles. The first kappa shape index (κ1) is 12.2. The molecular formula is C10H18N2O2S. The summed E-state index contributed by atoms with van der Waals surface area (Å²) >= 11 is 5.11. The van der Waals surface area contributed by atoms with E-state index in [0.717, 1.165) is 0 Å². The number of hydrogen-bond donors (Lipinski definition) is 1. The molecule has 0 saturated carbocycles. The summed E-state index contributed by atoms with van der Waals surface area (Å²) in [5.41, 5.74) is -0.455. The molecule has 0 radical (unpaired) electrons. The van der Waals surface area contributed by atoms with Crippen molar-refractivity contribution in [2.45, 2.75) is 39.3 Å². The molecule has 0 aromatic heterocycles. The Balaban J connectivity index is 2.63. The summed E-state index contributed by atoms with van der Waals surface area (Å²) < 4.78 is 5.30.